The van der Waals surface area contributed by atoms with Gasteiger partial charge in [-0.3, -0.25) is 0 Å². The Morgan fingerprint density at radius 3 is 2.57 bits per heavy atom. The Morgan fingerprint density at radius 2 is 1.86 bits per heavy atom. The van der Waals surface area contributed by atoms with Gasteiger partial charge in [0.05, 0.1) is 0 Å². The van der Waals surface area contributed by atoms with Crippen LogP contribution in [0.3, 0.4) is 0 Å². The van der Waals surface area contributed by atoms with Crippen LogP contribution in [0.1, 0.15) is 0 Å². The summed E-state index contributed by atoms with van der Waals surface area (Å²) in [5, 5.41) is 1.94. The summed E-state index contributed by atoms with van der Waals surface area (Å²) in [4.78, 5) is 12.2. The fourth-order valence-corrected chi connectivity index (χ4v) is 1.81. The molecule has 0 N–H and O–H groups in total. The van der Waals surface area contributed by atoms with E-state index in [9.17, 15) is 0 Å². The molecule has 0 atom stereocenters. The number of rotatable bonds is 2. The number of nitrogens with zero attached hydrogens (tertiary/aromatic N) is 3. The molecule has 0 bridgehead atoms. The van der Waals surface area contributed by atoms with Crippen LogP contribution in [0.5, 0.6) is 0 Å². The van der Waals surface area contributed by atoms with Gasteiger partial charge in [-0.25, -0.2) is 15.0 Å². The highest BCUT2D eigenvalue weighted by Crippen LogP contribution is 2.27. The van der Waals surface area contributed by atoms with Gasteiger partial charge in [-0.1, -0.05) is 17.7 Å². The molecule has 0 aliphatic rings. The lowest BCUT2D eigenvalue weighted by atomic mass is 10.5. The molecule has 0 amide bonds. The Hall–Kier alpha value is -1.13. The topological polar surface area (TPSA) is 38.7 Å². The maximum absolute atomic E-state index is 5.85. The summed E-state index contributed by atoms with van der Waals surface area (Å²) in [6.07, 6.45) is 4.90. The van der Waals surface area contributed by atoms with Gasteiger partial charge in [0.25, 0.3) is 0 Å². The fourth-order valence-electron chi connectivity index (χ4n) is 0.883. The Labute approximate surface area is 90.6 Å². The van der Waals surface area contributed by atoms with E-state index in [1.54, 1.807) is 18.6 Å². The zero-order valence-electron chi connectivity index (χ0n) is 7.09. The molecule has 0 saturated carbocycles. The molecule has 5 heteroatoms. The molecule has 0 fully saturated rings. The minimum absolute atomic E-state index is 0.406. The molecular formula is C9H6ClN3S. The smallest absolute Gasteiger partial charge is 0.161 e. The number of hydrogen-bond acceptors (Lipinski definition) is 4. The first-order chi connectivity index (χ1) is 6.86. The van der Waals surface area contributed by atoms with Gasteiger partial charge in [0.1, 0.15) is 10.1 Å². The van der Waals surface area contributed by atoms with Crippen LogP contribution in [-0.2, 0) is 0 Å². The quantitative estimate of drug-likeness (QED) is 0.785. The highest BCUT2D eigenvalue weighted by Gasteiger charge is 2.04. The van der Waals surface area contributed by atoms with Gasteiger partial charge in [0, 0.05) is 18.6 Å². The number of aromatic nitrogens is 3. The van der Waals surface area contributed by atoms with Crippen LogP contribution in [0.15, 0.2) is 46.8 Å². The summed E-state index contributed by atoms with van der Waals surface area (Å²) in [6.45, 7) is 0. The van der Waals surface area contributed by atoms with Gasteiger partial charge < -0.3 is 0 Å². The van der Waals surface area contributed by atoms with Crippen LogP contribution in [0.2, 0.25) is 5.15 Å². The first-order valence-electron chi connectivity index (χ1n) is 3.91. The van der Waals surface area contributed by atoms with E-state index in [0.29, 0.717) is 10.2 Å². The average Bonchev–Trinajstić information content (AvgIpc) is 2.23. The minimum Gasteiger partial charge on any atom is -0.250 e. The molecule has 0 radical (unpaired) electrons. The lowest BCUT2D eigenvalue weighted by Gasteiger charge is -1.99. The van der Waals surface area contributed by atoms with Crippen LogP contribution in [0, 0.1) is 0 Å². The van der Waals surface area contributed by atoms with Crippen molar-refractivity contribution in [1.82, 2.24) is 15.0 Å². The summed E-state index contributed by atoms with van der Waals surface area (Å²) in [7, 11) is 0. The summed E-state index contributed by atoms with van der Waals surface area (Å²) >= 11 is 7.25. The molecule has 0 spiro atoms. The molecule has 0 aliphatic heterocycles. The second-order valence-electron chi connectivity index (χ2n) is 2.42. The lowest BCUT2D eigenvalue weighted by molar-refractivity contribution is 1.04. The van der Waals surface area contributed by atoms with E-state index in [2.05, 4.69) is 15.0 Å². The second-order valence-corrected chi connectivity index (χ2v) is 3.79. The molecule has 70 valence electrons. The second kappa shape index (κ2) is 4.39. The first-order valence-corrected chi connectivity index (χ1v) is 5.11. The fraction of sp³-hybridized carbons (Fsp3) is 0. The molecule has 2 heterocycles. The van der Waals surface area contributed by atoms with Crippen LogP contribution >= 0.6 is 23.4 Å². The van der Waals surface area contributed by atoms with Crippen molar-refractivity contribution in [3.8, 4) is 0 Å². The molecular weight excluding hydrogens is 218 g/mol. The third-order valence-corrected chi connectivity index (χ3v) is 2.79. The zero-order chi connectivity index (χ0) is 9.80. The van der Waals surface area contributed by atoms with Gasteiger partial charge >= 0.3 is 0 Å². The van der Waals surface area contributed by atoms with E-state index in [-0.39, 0.29) is 0 Å². The minimum atomic E-state index is 0.406. The van der Waals surface area contributed by atoms with Gasteiger partial charge in [0.15, 0.2) is 5.15 Å². The van der Waals surface area contributed by atoms with Gasteiger partial charge in [-0.15, -0.1) is 0 Å². The van der Waals surface area contributed by atoms with Crippen molar-refractivity contribution < 1.29 is 0 Å². The Balaban J connectivity index is 2.24. The molecule has 0 saturated heterocycles. The number of hydrogen-bond donors (Lipinski definition) is 0. The molecule has 3 nitrogen and oxygen atoms in total. The molecule has 0 aromatic carbocycles. The first kappa shape index (κ1) is 9.43. The van der Waals surface area contributed by atoms with Crippen molar-refractivity contribution in [2.75, 3.05) is 0 Å². The zero-order valence-corrected chi connectivity index (χ0v) is 8.66. The normalized spacial score (nSPS) is 10.1. The standard InChI is InChI=1S/C9H6ClN3S/c10-8-9(13-6-5-12-8)14-7-3-1-2-4-11-7/h1-6H. The van der Waals surface area contributed by atoms with Gasteiger partial charge in [0.2, 0.25) is 0 Å². The predicted molar refractivity (Wildman–Crippen MR) is 55.4 cm³/mol. The van der Waals surface area contributed by atoms with Crippen LogP contribution < -0.4 is 0 Å². The van der Waals surface area contributed by atoms with Gasteiger partial charge in [-0.05, 0) is 23.9 Å². The van der Waals surface area contributed by atoms with Crippen LogP contribution in [0.4, 0.5) is 0 Å². The van der Waals surface area contributed by atoms with Crippen LogP contribution in [-0.4, -0.2) is 15.0 Å². The Morgan fingerprint density at radius 1 is 1.00 bits per heavy atom. The summed E-state index contributed by atoms with van der Waals surface area (Å²) in [6, 6.07) is 5.68. The average molecular weight is 224 g/mol. The molecule has 0 aliphatic carbocycles. The summed E-state index contributed by atoms with van der Waals surface area (Å²) in [5.41, 5.74) is 0. The van der Waals surface area contributed by atoms with E-state index in [4.69, 9.17) is 11.6 Å². The molecule has 2 aromatic heterocycles. The molecule has 14 heavy (non-hydrogen) atoms. The van der Waals surface area contributed by atoms with E-state index in [1.165, 1.54) is 11.8 Å². The number of halogens is 1. The SMILES string of the molecule is Clc1nccnc1Sc1ccccn1. The maximum Gasteiger partial charge on any atom is 0.161 e. The van der Waals surface area contributed by atoms with E-state index in [0.717, 1.165) is 5.03 Å². The Kier molecular flexibility index (Phi) is 2.96. The monoisotopic (exact) mass is 223 g/mol. The third-order valence-electron chi connectivity index (χ3n) is 1.46. The van der Waals surface area contributed by atoms with Crippen molar-refractivity contribution in [3.63, 3.8) is 0 Å². The van der Waals surface area contributed by atoms with Crippen LogP contribution in [0.25, 0.3) is 0 Å². The molecule has 0 unspecified atom stereocenters. The van der Waals surface area contributed by atoms with E-state index >= 15 is 0 Å². The van der Waals surface area contributed by atoms with Crippen molar-refractivity contribution in [3.05, 3.63) is 41.9 Å². The lowest BCUT2D eigenvalue weighted by Crippen LogP contribution is -1.85. The van der Waals surface area contributed by atoms with Crippen molar-refractivity contribution in [1.29, 1.82) is 0 Å². The highest BCUT2D eigenvalue weighted by atomic mass is 35.5. The predicted octanol–water partition coefficient (Wildman–Crippen LogP) is 2.68. The number of pyridine rings is 1. The summed E-state index contributed by atoms with van der Waals surface area (Å²) < 4.78 is 0. The Bertz CT molecular complexity index is 421. The maximum atomic E-state index is 5.85. The van der Waals surface area contributed by atoms with E-state index < -0.39 is 0 Å². The molecule has 2 aromatic rings. The summed E-state index contributed by atoms with van der Waals surface area (Å²) in [5.74, 6) is 0. The van der Waals surface area contributed by atoms with E-state index in [1.807, 2.05) is 18.2 Å². The van der Waals surface area contributed by atoms with Gasteiger partial charge in [-0.2, -0.15) is 0 Å². The molecule has 2 rings (SSSR count). The van der Waals surface area contributed by atoms with Crippen molar-refractivity contribution in [2.45, 2.75) is 10.1 Å². The largest absolute Gasteiger partial charge is 0.250 e. The van der Waals surface area contributed by atoms with Crippen molar-refractivity contribution >= 4 is 23.4 Å². The third kappa shape index (κ3) is 2.21. The van der Waals surface area contributed by atoms with Crippen molar-refractivity contribution in [2.24, 2.45) is 0 Å². The highest BCUT2D eigenvalue weighted by molar-refractivity contribution is 7.99.